The summed E-state index contributed by atoms with van der Waals surface area (Å²) in [4.78, 5) is 24.7. The number of nitrogens with one attached hydrogen (secondary N) is 1. The normalized spacial score (nSPS) is 12.4. The third-order valence-electron chi connectivity index (χ3n) is 18.2. The molecule has 0 fully saturated rings. The van der Waals surface area contributed by atoms with Crippen molar-refractivity contribution in [2.75, 3.05) is 13.2 Å². The molecule has 0 aliphatic heterocycles. The highest BCUT2D eigenvalue weighted by Crippen LogP contribution is 2.20. The second-order valence-corrected chi connectivity index (χ2v) is 26.4. The van der Waals surface area contributed by atoms with E-state index in [4.69, 9.17) is 4.74 Å². The standard InChI is InChI=1S/C75H149NO5/c1-3-5-7-9-11-13-15-17-19-21-22-29-32-36-39-43-47-51-55-59-63-67-73(78)72(71-77)76-74(79)68-64-60-56-52-48-44-40-37-33-30-27-25-23-24-26-28-31-34-38-42-46-50-54-58-62-66-70-81-75(80)69-65-61-57-53-49-45-41-35-20-18-16-14-12-10-8-6-4-2/h72-73,77-78H,3-71H2,1-2H3,(H,76,79). The Hall–Kier alpha value is -1.14. The number of ether oxygens (including phenoxy) is 1. The Morgan fingerprint density at radius 3 is 0.753 bits per heavy atom. The van der Waals surface area contributed by atoms with Crippen molar-refractivity contribution in [2.24, 2.45) is 0 Å². The third-order valence-corrected chi connectivity index (χ3v) is 18.2. The maximum absolute atomic E-state index is 12.6. The molecule has 0 radical (unpaired) electrons. The van der Waals surface area contributed by atoms with Gasteiger partial charge in [-0.3, -0.25) is 9.59 Å². The Labute approximate surface area is 508 Å². The highest BCUT2D eigenvalue weighted by molar-refractivity contribution is 5.76. The van der Waals surface area contributed by atoms with Crippen LogP contribution in [0.5, 0.6) is 0 Å². The van der Waals surface area contributed by atoms with Gasteiger partial charge in [-0.15, -0.1) is 0 Å². The van der Waals surface area contributed by atoms with Crippen molar-refractivity contribution < 1.29 is 24.5 Å². The zero-order chi connectivity index (χ0) is 58.5. The number of unbranched alkanes of at least 4 members (excludes halogenated alkanes) is 61. The molecular formula is C75H149NO5. The van der Waals surface area contributed by atoms with Crippen LogP contribution in [0, 0.1) is 0 Å². The summed E-state index contributed by atoms with van der Waals surface area (Å²) < 4.78 is 5.51. The van der Waals surface area contributed by atoms with Crippen LogP contribution >= 0.6 is 0 Å². The van der Waals surface area contributed by atoms with E-state index in [1.807, 2.05) is 0 Å². The molecule has 6 heteroatoms. The fraction of sp³-hybridized carbons (Fsp3) is 0.973. The Bertz CT molecular complexity index is 1180. The van der Waals surface area contributed by atoms with Crippen molar-refractivity contribution in [3.05, 3.63) is 0 Å². The van der Waals surface area contributed by atoms with E-state index < -0.39 is 12.1 Å². The molecule has 81 heavy (non-hydrogen) atoms. The van der Waals surface area contributed by atoms with E-state index in [0.29, 0.717) is 25.9 Å². The molecule has 6 nitrogen and oxygen atoms in total. The summed E-state index contributed by atoms with van der Waals surface area (Å²) >= 11 is 0. The predicted molar refractivity (Wildman–Crippen MR) is 357 cm³/mol. The largest absolute Gasteiger partial charge is 0.466 e. The molecule has 0 saturated carbocycles. The fourth-order valence-corrected chi connectivity index (χ4v) is 12.4. The molecule has 0 aromatic rings. The summed E-state index contributed by atoms with van der Waals surface area (Å²) in [5, 5.41) is 23.4. The number of carbonyl (C=O) groups excluding carboxylic acids is 2. The van der Waals surface area contributed by atoms with Crippen molar-refractivity contribution in [1.29, 1.82) is 0 Å². The van der Waals surface area contributed by atoms with Gasteiger partial charge in [0.25, 0.3) is 0 Å². The molecule has 0 aliphatic rings. The van der Waals surface area contributed by atoms with Crippen molar-refractivity contribution in [3.63, 3.8) is 0 Å². The molecule has 1 amide bonds. The SMILES string of the molecule is CCCCCCCCCCCCCCCCCCCCCCCC(O)C(CO)NC(=O)CCCCCCCCCCCCCCCCCCCCCCCCCCCCOC(=O)CCCCCCCCCCCCCCCCCCC. The average Bonchev–Trinajstić information content (AvgIpc) is 3.47. The number of esters is 1. The van der Waals surface area contributed by atoms with Crippen LogP contribution in [-0.4, -0.2) is 47.4 Å². The van der Waals surface area contributed by atoms with Crippen LogP contribution in [0.1, 0.15) is 444 Å². The fourth-order valence-electron chi connectivity index (χ4n) is 12.4. The number of rotatable bonds is 72. The summed E-state index contributed by atoms with van der Waals surface area (Å²) in [7, 11) is 0. The molecule has 0 aromatic heterocycles. The molecular weight excluding hydrogens is 995 g/mol. The molecule has 0 rings (SSSR count). The first kappa shape index (κ1) is 79.9. The number of hydrogen-bond acceptors (Lipinski definition) is 5. The van der Waals surface area contributed by atoms with Gasteiger partial charge in [0.1, 0.15) is 0 Å². The molecule has 3 N–H and O–H groups in total. The zero-order valence-electron chi connectivity index (χ0n) is 55.6. The molecule has 0 aromatic carbocycles. The van der Waals surface area contributed by atoms with Crippen LogP contribution in [0.25, 0.3) is 0 Å². The van der Waals surface area contributed by atoms with Gasteiger partial charge in [0.15, 0.2) is 0 Å². The van der Waals surface area contributed by atoms with Gasteiger partial charge in [-0.1, -0.05) is 406 Å². The van der Waals surface area contributed by atoms with Crippen molar-refractivity contribution in [2.45, 2.75) is 456 Å². The molecule has 0 aliphatic carbocycles. The van der Waals surface area contributed by atoms with E-state index in [9.17, 15) is 19.8 Å². The van der Waals surface area contributed by atoms with Crippen molar-refractivity contribution in [1.82, 2.24) is 5.32 Å². The lowest BCUT2D eigenvalue weighted by Crippen LogP contribution is -2.45. The molecule has 2 atom stereocenters. The monoisotopic (exact) mass is 1140 g/mol. The maximum Gasteiger partial charge on any atom is 0.305 e. The Balaban J connectivity index is 3.33. The summed E-state index contributed by atoms with van der Waals surface area (Å²) in [5.41, 5.74) is 0. The summed E-state index contributed by atoms with van der Waals surface area (Å²) in [6, 6.07) is -0.540. The minimum Gasteiger partial charge on any atom is -0.466 e. The first-order valence-corrected chi connectivity index (χ1v) is 37.8. The van der Waals surface area contributed by atoms with E-state index in [-0.39, 0.29) is 18.5 Å². The second kappa shape index (κ2) is 71.3. The summed E-state index contributed by atoms with van der Waals surface area (Å²) in [6.07, 6.45) is 87.4. The highest BCUT2D eigenvalue weighted by Gasteiger charge is 2.20. The quantitative estimate of drug-likeness (QED) is 0.0417. The van der Waals surface area contributed by atoms with Gasteiger partial charge in [-0.2, -0.15) is 0 Å². The van der Waals surface area contributed by atoms with Crippen LogP contribution < -0.4 is 5.32 Å². The number of aliphatic hydroxyl groups is 2. The van der Waals surface area contributed by atoms with E-state index in [1.54, 1.807) is 0 Å². The average molecular weight is 1150 g/mol. The van der Waals surface area contributed by atoms with Crippen LogP contribution in [-0.2, 0) is 14.3 Å². The Kier molecular flexibility index (Phi) is 70.3. The van der Waals surface area contributed by atoms with E-state index in [2.05, 4.69) is 19.2 Å². The van der Waals surface area contributed by atoms with Gasteiger partial charge in [-0.05, 0) is 25.7 Å². The number of aliphatic hydroxyl groups excluding tert-OH is 2. The summed E-state index contributed by atoms with van der Waals surface area (Å²) in [6.45, 7) is 5.02. The van der Waals surface area contributed by atoms with Crippen LogP contribution in [0.4, 0.5) is 0 Å². The van der Waals surface area contributed by atoms with Crippen molar-refractivity contribution in [3.8, 4) is 0 Å². The lowest BCUT2D eigenvalue weighted by atomic mass is 10.0. The lowest BCUT2D eigenvalue weighted by Gasteiger charge is -2.22. The maximum atomic E-state index is 12.6. The van der Waals surface area contributed by atoms with Gasteiger partial charge < -0.3 is 20.3 Å². The molecule has 2 unspecified atom stereocenters. The molecule has 0 heterocycles. The van der Waals surface area contributed by atoms with Gasteiger partial charge in [0.2, 0.25) is 5.91 Å². The van der Waals surface area contributed by atoms with Gasteiger partial charge >= 0.3 is 5.97 Å². The molecule has 0 bridgehead atoms. The van der Waals surface area contributed by atoms with Crippen LogP contribution in [0.2, 0.25) is 0 Å². The lowest BCUT2D eigenvalue weighted by molar-refractivity contribution is -0.143. The van der Waals surface area contributed by atoms with Gasteiger partial charge in [-0.25, -0.2) is 0 Å². The first-order chi connectivity index (χ1) is 40.0. The molecule has 484 valence electrons. The molecule has 0 saturated heterocycles. The van der Waals surface area contributed by atoms with Crippen LogP contribution in [0.3, 0.4) is 0 Å². The minimum atomic E-state index is -0.663. The Morgan fingerprint density at radius 1 is 0.296 bits per heavy atom. The smallest absolute Gasteiger partial charge is 0.305 e. The second-order valence-electron chi connectivity index (χ2n) is 26.4. The topological polar surface area (TPSA) is 95.9 Å². The van der Waals surface area contributed by atoms with Gasteiger partial charge in [0.05, 0.1) is 25.4 Å². The number of amides is 1. The van der Waals surface area contributed by atoms with Crippen LogP contribution in [0.15, 0.2) is 0 Å². The predicted octanol–water partition coefficient (Wildman–Crippen LogP) is 24.5. The first-order valence-electron chi connectivity index (χ1n) is 37.8. The van der Waals surface area contributed by atoms with E-state index >= 15 is 0 Å². The highest BCUT2D eigenvalue weighted by atomic mass is 16.5. The number of hydrogen-bond donors (Lipinski definition) is 3. The van der Waals surface area contributed by atoms with E-state index in [0.717, 1.165) is 38.5 Å². The van der Waals surface area contributed by atoms with Crippen molar-refractivity contribution >= 4 is 11.9 Å². The number of carbonyl (C=O) groups is 2. The third kappa shape index (κ3) is 67.9. The molecule has 0 spiro atoms. The minimum absolute atomic E-state index is 0.0229. The Morgan fingerprint density at radius 2 is 0.506 bits per heavy atom. The summed E-state index contributed by atoms with van der Waals surface area (Å²) in [5.74, 6) is -0.00396. The zero-order valence-corrected chi connectivity index (χ0v) is 55.6. The van der Waals surface area contributed by atoms with Gasteiger partial charge in [0, 0.05) is 12.8 Å². The van der Waals surface area contributed by atoms with E-state index in [1.165, 1.54) is 372 Å².